The van der Waals surface area contributed by atoms with Gasteiger partial charge in [0.05, 0.1) is 12.2 Å². The van der Waals surface area contributed by atoms with Crippen LogP contribution in [0.2, 0.25) is 0 Å². The Bertz CT molecular complexity index is 664. The molecule has 3 N–H and O–H groups in total. The Hall–Kier alpha value is -0.610. The minimum atomic E-state index is -0.681. The summed E-state index contributed by atoms with van der Waals surface area (Å²) in [4.78, 5) is 11.0. The van der Waals surface area contributed by atoms with Crippen LogP contribution >= 0.6 is 0 Å². The maximum Gasteiger partial charge on any atom is 0.303 e. The van der Waals surface area contributed by atoms with Crippen molar-refractivity contribution in [2.24, 2.45) is 52.3 Å². The number of aliphatic carboxylic acids is 1. The number of aliphatic hydroxyl groups is 2. The molecule has 0 aromatic carbocycles. The second-order valence-corrected chi connectivity index (χ2v) is 12.4. The average molecular weight is 435 g/mol. The maximum absolute atomic E-state index is 11.7. The Balaban J connectivity index is 1.57. The van der Waals surface area contributed by atoms with E-state index < -0.39 is 5.97 Å². The van der Waals surface area contributed by atoms with Crippen molar-refractivity contribution in [3.05, 3.63) is 0 Å². The number of carboxylic acid groups (broad SMARTS) is 1. The van der Waals surface area contributed by atoms with Crippen molar-refractivity contribution < 1.29 is 20.1 Å². The van der Waals surface area contributed by atoms with Crippen molar-refractivity contribution in [1.82, 2.24) is 0 Å². The van der Waals surface area contributed by atoms with E-state index in [-0.39, 0.29) is 29.5 Å². The molecule has 0 aromatic heterocycles. The Labute approximate surface area is 189 Å². The molecule has 178 valence electrons. The lowest BCUT2D eigenvalue weighted by molar-refractivity contribution is -0.203. The van der Waals surface area contributed by atoms with Gasteiger partial charge in [0, 0.05) is 6.42 Å². The van der Waals surface area contributed by atoms with Crippen LogP contribution in [0.3, 0.4) is 0 Å². The van der Waals surface area contributed by atoms with Gasteiger partial charge in [-0.3, -0.25) is 4.79 Å². The van der Waals surface area contributed by atoms with E-state index in [4.69, 9.17) is 5.11 Å². The summed E-state index contributed by atoms with van der Waals surface area (Å²) in [6, 6.07) is 0. The monoisotopic (exact) mass is 434 g/mol. The first-order chi connectivity index (χ1) is 14.6. The first-order valence-corrected chi connectivity index (χ1v) is 13.2. The number of fused-ring (bicyclic) bond motifs is 5. The lowest BCUT2D eigenvalue weighted by Gasteiger charge is -2.64. The van der Waals surface area contributed by atoms with Crippen LogP contribution in [-0.2, 0) is 4.79 Å². The van der Waals surface area contributed by atoms with Gasteiger partial charge in [0.15, 0.2) is 0 Å². The van der Waals surface area contributed by atoms with E-state index in [1.165, 1.54) is 25.7 Å². The van der Waals surface area contributed by atoms with Gasteiger partial charge in [-0.05, 0) is 110 Å². The number of hydrogen-bond donors (Lipinski definition) is 3. The molecule has 4 aliphatic rings. The zero-order valence-electron chi connectivity index (χ0n) is 20.2. The number of hydrogen-bond acceptors (Lipinski definition) is 3. The van der Waals surface area contributed by atoms with Crippen LogP contribution in [0.4, 0.5) is 0 Å². The van der Waals surface area contributed by atoms with Crippen LogP contribution in [0, 0.1) is 52.3 Å². The van der Waals surface area contributed by atoms with Crippen molar-refractivity contribution >= 4 is 5.97 Å². The molecule has 4 aliphatic carbocycles. The third-order valence-electron chi connectivity index (χ3n) is 11.2. The summed E-state index contributed by atoms with van der Waals surface area (Å²) in [5, 5.41) is 31.2. The summed E-state index contributed by atoms with van der Waals surface area (Å²) in [5.41, 5.74) is 0.538. The van der Waals surface area contributed by atoms with Gasteiger partial charge in [0.2, 0.25) is 0 Å². The molecule has 0 aliphatic heterocycles. The highest BCUT2D eigenvalue weighted by Gasteiger charge is 2.64. The molecule has 4 rings (SSSR count). The highest BCUT2D eigenvalue weighted by Crippen LogP contribution is 2.69. The lowest BCUT2D eigenvalue weighted by Crippen LogP contribution is -2.62. The molecule has 0 saturated heterocycles. The van der Waals surface area contributed by atoms with Crippen LogP contribution < -0.4 is 0 Å². The maximum atomic E-state index is 11.7. The van der Waals surface area contributed by atoms with E-state index in [1.807, 2.05) is 0 Å². The SMILES string of the molecule is CC[C@H]1[C@@H](O)[C@@H]2[C@H](CC[C@]3(C)[C@@H]([C@H](C)CCCC(=O)O)CC[C@@H]23)[C@@]2(C)CC[C@@H](O)C[C@@H]12. The fourth-order valence-electron chi connectivity index (χ4n) is 9.71. The van der Waals surface area contributed by atoms with Crippen molar-refractivity contribution in [2.45, 2.75) is 111 Å². The second kappa shape index (κ2) is 8.63. The van der Waals surface area contributed by atoms with E-state index in [2.05, 4.69) is 27.7 Å². The van der Waals surface area contributed by atoms with Crippen molar-refractivity contribution in [2.75, 3.05) is 0 Å². The molecule has 0 spiro atoms. The molecule has 31 heavy (non-hydrogen) atoms. The number of rotatable bonds is 6. The van der Waals surface area contributed by atoms with Gasteiger partial charge in [-0.1, -0.05) is 34.1 Å². The van der Waals surface area contributed by atoms with Gasteiger partial charge in [0.1, 0.15) is 0 Å². The molecule has 0 bridgehead atoms. The summed E-state index contributed by atoms with van der Waals surface area (Å²) in [6.07, 6.45) is 10.5. The van der Waals surface area contributed by atoms with Crippen molar-refractivity contribution in [1.29, 1.82) is 0 Å². The minimum absolute atomic E-state index is 0.188. The van der Waals surface area contributed by atoms with Crippen molar-refractivity contribution in [3.63, 3.8) is 0 Å². The largest absolute Gasteiger partial charge is 0.481 e. The molecule has 4 saturated carbocycles. The van der Waals surface area contributed by atoms with Gasteiger partial charge in [-0.15, -0.1) is 0 Å². The summed E-state index contributed by atoms with van der Waals surface area (Å²) < 4.78 is 0. The van der Waals surface area contributed by atoms with Gasteiger partial charge in [0.25, 0.3) is 0 Å². The topological polar surface area (TPSA) is 77.8 Å². The van der Waals surface area contributed by atoms with Gasteiger partial charge in [-0.2, -0.15) is 0 Å². The van der Waals surface area contributed by atoms with E-state index in [9.17, 15) is 15.0 Å². The number of aliphatic hydroxyl groups excluding tert-OH is 2. The first-order valence-electron chi connectivity index (χ1n) is 13.2. The normalized spacial score (nSPS) is 50.3. The molecular weight excluding hydrogens is 388 g/mol. The third kappa shape index (κ3) is 3.78. The minimum Gasteiger partial charge on any atom is -0.481 e. The van der Waals surface area contributed by atoms with Crippen molar-refractivity contribution in [3.8, 4) is 0 Å². The molecule has 0 radical (unpaired) electrons. The summed E-state index contributed by atoms with van der Waals surface area (Å²) in [6.45, 7) is 9.59. The molecule has 11 atom stereocenters. The fraction of sp³-hybridized carbons (Fsp3) is 0.963. The smallest absolute Gasteiger partial charge is 0.303 e. The van der Waals surface area contributed by atoms with Crippen LogP contribution in [-0.4, -0.2) is 33.5 Å². The van der Waals surface area contributed by atoms with E-state index >= 15 is 0 Å². The first kappa shape index (κ1) is 23.5. The summed E-state index contributed by atoms with van der Waals surface area (Å²) in [5.74, 6) is 2.87. The summed E-state index contributed by atoms with van der Waals surface area (Å²) in [7, 11) is 0. The highest BCUT2D eigenvalue weighted by molar-refractivity contribution is 5.66. The molecule has 4 heteroatoms. The number of carbonyl (C=O) groups is 1. The average Bonchev–Trinajstić information content (AvgIpc) is 3.06. The van der Waals surface area contributed by atoms with Crippen LogP contribution in [0.1, 0.15) is 98.3 Å². The molecule has 0 heterocycles. The molecule has 4 nitrogen and oxygen atoms in total. The van der Waals surface area contributed by atoms with Crippen LogP contribution in [0.5, 0.6) is 0 Å². The third-order valence-corrected chi connectivity index (χ3v) is 11.2. The number of carboxylic acids is 1. The van der Waals surface area contributed by atoms with Gasteiger partial charge < -0.3 is 15.3 Å². The quantitative estimate of drug-likeness (QED) is 0.515. The summed E-state index contributed by atoms with van der Waals surface area (Å²) >= 11 is 0. The standard InChI is InChI=1S/C27H46O4/c1-5-18-22-15-17(28)11-13-27(22,4)21-12-14-26(3)19(16(2)7-6-8-23(29)30)9-10-20(26)24(21)25(18)31/h16-22,24-25,28,31H,5-15H2,1-4H3,(H,29,30)/t16-,17-,18-,19-,20+,21+,22+,24+,25-,26-,27-/m1/s1. The predicted molar refractivity (Wildman–Crippen MR) is 122 cm³/mol. The highest BCUT2D eigenvalue weighted by atomic mass is 16.4. The van der Waals surface area contributed by atoms with E-state index in [1.54, 1.807) is 0 Å². The zero-order chi connectivity index (χ0) is 22.6. The molecule has 0 aromatic rings. The Morgan fingerprint density at radius 3 is 2.35 bits per heavy atom. The Kier molecular flexibility index (Phi) is 6.55. The van der Waals surface area contributed by atoms with E-state index in [0.29, 0.717) is 41.4 Å². The Morgan fingerprint density at radius 1 is 1.00 bits per heavy atom. The van der Waals surface area contributed by atoms with E-state index in [0.717, 1.165) is 38.5 Å². The zero-order valence-corrected chi connectivity index (χ0v) is 20.2. The predicted octanol–water partition coefficient (Wildman–Crippen LogP) is 5.50. The molecule has 0 amide bonds. The lowest BCUT2D eigenvalue weighted by atomic mass is 9.41. The molecular formula is C27H46O4. The molecule has 0 unspecified atom stereocenters. The van der Waals surface area contributed by atoms with Gasteiger partial charge >= 0.3 is 5.97 Å². The van der Waals surface area contributed by atoms with Gasteiger partial charge in [-0.25, -0.2) is 0 Å². The molecule has 4 fully saturated rings. The fourth-order valence-corrected chi connectivity index (χ4v) is 9.71. The second-order valence-electron chi connectivity index (χ2n) is 12.4. The van der Waals surface area contributed by atoms with Crippen LogP contribution in [0.15, 0.2) is 0 Å². The Morgan fingerprint density at radius 2 is 1.68 bits per heavy atom. The van der Waals surface area contributed by atoms with Crippen LogP contribution in [0.25, 0.3) is 0 Å².